The van der Waals surface area contributed by atoms with E-state index >= 15 is 0 Å². The van der Waals surface area contributed by atoms with Gasteiger partial charge in [-0.15, -0.1) is 0 Å². The second-order valence-electron chi connectivity index (χ2n) is 7.51. The van der Waals surface area contributed by atoms with E-state index in [1.165, 1.54) is 13.2 Å². The molecule has 0 saturated heterocycles. The minimum absolute atomic E-state index is 0.0507. The monoisotopic (exact) mass is 460 g/mol. The lowest BCUT2D eigenvalue weighted by Gasteiger charge is -2.36. The molecule has 1 unspecified atom stereocenters. The van der Waals surface area contributed by atoms with Gasteiger partial charge in [-0.3, -0.25) is 0 Å². The van der Waals surface area contributed by atoms with Gasteiger partial charge in [0.05, 0.1) is 17.3 Å². The fourth-order valence-corrected chi connectivity index (χ4v) is 4.77. The maximum absolute atomic E-state index is 14.2. The van der Waals surface area contributed by atoms with Crippen molar-refractivity contribution >= 4 is 21.9 Å². The van der Waals surface area contributed by atoms with Crippen molar-refractivity contribution < 1.29 is 19.0 Å². The van der Waals surface area contributed by atoms with E-state index in [2.05, 4.69) is 25.9 Å². The molecule has 9 heteroatoms. The Labute approximate surface area is 174 Å². The van der Waals surface area contributed by atoms with Crippen molar-refractivity contribution in [3.8, 4) is 11.4 Å². The van der Waals surface area contributed by atoms with Crippen LogP contribution in [0.4, 0.5) is 4.39 Å². The molecule has 0 spiro atoms. The van der Waals surface area contributed by atoms with E-state index in [1.54, 1.807) is 30.1 Å². The number of benzene rings is 1. The Balaban J connectivity index is 1.79. The topological polar surface area (TPSA) is 82.2 Å². The molecular weight excluding hydrogens is 443 g/mol. The second-order valence-corrected chi connectivity index (χ2v) is 8.36. The van der Waals surface area contributed by atoms with Gasteiger partial charge >= 0.3 is 5.97 Å². The van der Waals surface area contributed by atoms with E-state index in [1.807, 2.05) is 4.57 Å². The number of imidazole rings is 2. The number of aromatic nitrogens is 4. The van der Waals surface area contributed by atoms with Gasteiger partial charge in [0, 0.05) is 31.0 Å². The number of nitrogens with zero attached hydrogens (tertiary/aromatic N) is 4. The number of esters is 1. The summed E-state index contributed by atoms with van der Waals surface area (Å²) in [5.41, 5.74) is 2.04. The summed E-state index contributed by atoms with van der Waals surface area (Å²) < 4.78 is 23.1. The zero-order chi connectivity index (χ0) is 20.4. The van der Waals surface area contributed by atoms with Gasteiger partial charge in [-0.2, -0.15) is 0 Å². The molecule has 1 atom stereocenters. The average Bonchev–Trinajstić information content (AvgIpc) is 3.21. The van der Waals surface area contributed by atoms with Crippen molar-refractivity contribution in [1.82, 2.24) is 19.1 Å². The maximum Gasteiger partial charge on any atom is 0.358 e. The lowest BCUT2D eigenvalue weighted by molar-refractivity contribution is 0.0586. The number of carbonyl (C=O) groups is 1. The highest BCUT2D eigenvalue weighted by Gasteiger charge is 2.43. The lowest BCUT2D eigenvalue weighted by atomic mass is 9.75. The molecule has 1 saturated carbocycles. The van der Waals surface area contributed by atoms with Gasteiger partial charge in [-0.25, -0.2) is 19.2 Å². The molecule has 0 radical (unpaired) electrons. The molecule has 1 fully saturated rings. The highest BCUT2D eigenvalue weighted by molar-refractivity contribution is 9.10. The average molecular weight is 461 g/mol. The number of aryl methyl sites for hydroxylation is 1. The molecule has 1 aromatic carbocycles. The molecule has 2 bridgehead atoms. The van der Waals surface area contributed by atoms with Crippen molar-refractivity contribution in [1.29, 1.82) is 0 Å². The number of rotatable bonds is 3. The quantitative estimate of drug-likeness (QED) is 0.604. The van der Waals surface area contributed by atoms with Crippen LogP contribution in [0, 0.1) is 5.82 Å². The fraction of sp³-hybridized carbons (Fsp3) is 0.350. The third kappa shape index (κ3) is 2.60. The van der Waals surface area contributed by atoms with Crippen LogP contribution < -0.4 is 0 Å². The standard InChI is InChI=1S/C20H18BrFN4O3/c1-25-4-3-23-19(25)17(27)16-15(20(28)29-2)24-18-12-7-13(21)14(22)8-11(12)9-5-10(6-9)26(16)18/h3-4,7-10,17,27H,5-6H2,1-2H3. The number of methoxy groups -OCH3 is 1. The molecule has 6 rings (SSSR count). The first kappa shape index (κ1) is 18.5. The maximum atomic E-state index is 14.2. The van der Waals surface area contributed by atoms with Gasteiger partial charge in [-0.05, 0) is 52.4 Å². The number of ether oxygens (including phenoxy) is 1. The van der Waals surface area contributed by atoms with Gasteiger partial charge < -0.3 is 19.0 Å². The zero-order valence-corrected chi connectivity index (χ0v) is 17.4. The van der Waals surface area contributed by atoms with Crippen LogP contribution in [0.5, 0.6) is 0 Å². The highest BCUT2D eigenvalue weighted by Crippen LogP contribution is 2.54. The number of carbonyl (C=O) groups excluding carboxylic acids is 1. The Morgan fingerprint density at radius 2 is 2.17 bits per heavy atom. The summed E-state index contributed by atoms with van der Waals surface area (Å²) in [7, 11) is 3.06. The van der Waals surface area contributed by atoms with Crippen LogP contribution in [0.1, 0.15) is 58.5 Å². The molecule has 3 aliphatic rings. The molecular formula is C20H18BrFN4O3. The van der Waals surface area contributed by atoms with Crippen LogP contribution in [-0.4, -0.2) is 37.3 Å². The van der Waals surface area contributed by atoms with Crippen LogP contribution in [-0.2, 0) is 11.8 Å². The minimum Gasteiger partial charge on any atom is -0.464 e. The molecule has 4 heterocycles. The molecule has 2 aliphatic heterocycles. The van der Waals surface area contributed by atoms with Gasteiger partial charge in [0.1, 0.15) is 17.5 Å². The van der Waals surface area contributed by atoms with Crippen LogP contribution >= 0.6 is 15.9 Å². The molecule has 0 amide bonds. The summed E-state index contributed by atoms with van der Waals surface area (Å²) in [6.07, 6.45) is 3.74. The first-order valence-corrected chi connectivity index (χ1v) is 10.0. The molecule has 1 aliphatic carbocycles. The van der Waals surface area contributed by atoms with Crippen molar-refractivity contribution in [3.05, 3.63) is 57.6 Å². The van der Waals surface area contributed by atoms with E-state index in [0.717, 1.165) is 24.0 Å². The zero-order valence-electron chi connectivity index (χ0n) is 15.8. The smallest absolute Gasteiger partial charge is 0.358 e. The molecule has 7 nitrogen and oxygen atoms in total. The molecule has 2 aromatic heterocycles. The minimum atomic E-state index is -1.16. The van der Waals surface area contributed by atoms with Crippen LogP contribution in [0.3, 0.4) is 0 Å². The van der Waals surface area contributed by atoms with E-state index in [0.29, 0.717) is 21.8 Å². The van der Waals surface area contributed by atoms with Gasteiger partial charge in [0.15, 0.2) is 11.8 Å². The van der Waals surface area contributed by atoms with Gasteiger partial charge in [-0.1, -0.05) is 0 Å². The number of hydrogen-bond acceptors (Lipinski definition) is 5. The number of halogens is 2. The van der Waals surface area contributed by atoms with Crippen LogP contribution in [0.25, 0.3) is 11.4 Å². The first-order chi connectivity index (χ1) is 13.9. The SMILES string of the molecule is COC(=O)c1nc2n(c1C(O)c1nccn1C)C1CC(C1)c1cc(F)c(Br)cc1-2. The van der Waals surface area contributed by atoms with E-state index < -0.39 is 12.1 Å². The lowest BCUT2D eigenvalue weighted by Crippen LogP contribution is -2.26. The van der Waals surface area contributed by atoms with Crippen molar-refractivity contribution in [2.45, 2.75) is 30.9 Å². The largest absolute Gasteiger partial charge is 0.464 e. The highest BCUT2D eigenvalue weighted by atomic mass is 79.9. The summed E-state index contributed by atoms with van der Waals surface area (Å²) in [6.45, 7) is 0. The summed E-state index contributed by atoms with van der Waals surface area (Å²) >= 11 is 3.26. The van der Waals surface area contributed by atoms with Crippen molar-refractivity contribution in [2.75, 3.05) is 7.11 Å². The normalized spacial score (nSPS) is 20.3. The van der Waals surface area contributed by atoms with Gasteiger partial charge in [0.2, 0.25) is 0 Å². The number of hydrogen-bond donors (Lipinski definition) is 1. The summed E-state index contributed by atoms with van der Waals surface area (Å²) in [4.78, 5) is 21.4. The fourth-order valence-electron chi connectivity index (χ4n) is 4.42. The predicted molar refractivity (Wildman–Crippen MR) is 105 cm³/mol. The molecule has 150 valence electrons. The van der Waals surface area contributed by atoms with E-state index in [-0.39, 0.29) is 23.5 Å². The molecule has 1 N–H and O–H groups in total. The van der Waals surface area contributed by atoms with E-state index in [9.17, 15) is 14.3 Å². The predicted octanol–water partition coefficient (Wildman–Crippen LogP) is 3.49. The number of aliphatic hydroxyl groups excluding tert-OH is 1. The van der Waals surface area contributed by atoms with Crippen LogP contribution in [0.15, 0.2) is 29.0 Å². The second kappa shape index (κ2) is 6.50. The van der Waals surface area contributed by atoms with Gasteiger partial charge in [0.25, 0.3) is 0 Å². The Hall–Kier alpha value is -2.52. The summed E-state index contributed by atoms with van der Waals surface area (Å²) in [5, 5.41) is 11.2. The summed E-state index contributed by atoms with van der Waals surface area (Å²) in [5.74, 6) is 0.202. The van der Waals surface area contributed by atoms with E-state index in [4.69, 9.17) is 4.74 Å². The van der Waals surface area contributed by atoms with Crippen LogP contribution in [0.2, 0.25) is 0 Å². The Morgan fingerprint density at radius 3 is 2.83 bits per heavy atom. The summed E-state index contributed by atoms with van der Waals surface area (Å²) in [6, 6.07) is 3.29. The van der Waals surface area contributed by atoms with Crippen molar-refractivity contribution in [3.63, 3.8) is 0 Å². The third-order valence-corrected chi connectivity index (χ3v) is 6.55. The third-order valence-electron chi connectivity index (χ3n) is 5.94. The Bertz CT molecular complexity index is 1150. The Kier molecular flexibility index (Phi) is 4.15. The molecule has 29 heavy (non-hydrogen) atoms. The van der Waals surface area contributed by atoms with Crippen molar-refractivity contribution in [2.24, 2.45) is 7.05 Å². The Morgan fingerprint density at radius 1 is 1.41 bits per heavy atom. The number of aliphatic hydroxyl groups is 1. The first-order valence-electron chi connectivity index (χ1n) is 9.25. The molecule has 3 aromatic rings.